The van der Waals surface area contributed by atoms with Crippen LogP contribution in [0.4, 0.5) is 13.2 Å². The van der Waals surface area contributed by atoms with E-state index in [9.17, 15) is 37.1 Å². The van der Waals surface area contributed by atoms with Crippen LogP contribution in [0.3, 0.4) is 0 Å². The van der Waals surface area contributed by atoms with Crippen molar-refractivity contribution in [2.24, 2.45) is 5.92 Å². The van der Waals surface area contributed by atoms with Gasteiger partial charge in [0.15, 0.2) is 0 Å². The lowest BCUT2D eigenvalue weighted by molar-refractivity contribution is -0.149. The van der Waals surface area contributed by atoms with Crippen molar-refractivity contribution < 1.29 is 41.9 Å². The van der Waals surface area contributed by atoms with E-state index in [2.05, 4.69) is 16.0 Å². The van der Waals surface area contributed by atoms with Crippen LogP contribution in [0.1, 0.15) is 51.9 Å². The Bertz CT molecular complexity index is 976. The third-order valence-corrected chi connectivity index (χ3v) is 9.16. The Kier molecular flexibility index (Phi) is 11.0. The summed E-state index contributed by atoms with van der Waals surface area (Å²) in [6.07, 6.45) is -1.20. The lowest BCUT2D eigenvalue weighted by atomic mass is 9.95. The number of hydrogen-bond donors (Lipinski definition) is 4. The van der Waals surface area contributed by atoms with Crippen molar-refractivity contribution in [1.82, 2.24) is 21.3 Å². The standard InChI is InChI=1S/C24H33F3N4O6S2/c1-14-10-20(34)37-15-4-2-3-9-38-39-12-17(22(36)31-23(14)7-8-23)30-21(35)16(29-19(33)11-15)5-6-18(32)28-13-24(25,26)27/h2,4,14-17H,3,5-13H2,1H3,(H,28,32)(H,29,33)(H,30,35)(H,31,36)/b4-2+/t14?,15-,16-,17-/m1/s1. The second kappa shape index (κ2) is 13.8. The molecule has 0 aromatic heterocycles. The van der Waals surface area contributed by atoms with E-state index in [1.807, 2.05) is 6.92 Å². The number of ether oxygens (including phenoxy) is 1. The van der Waals surface area contributed by atoms with Crippen molar-refractivity contribution in [3.05, 3.63) is 12.2 Å². The molecule has 0 aromatic carbocycles. The van der Waals surface area contributed by atoms with Crippen LogP contribution in [-0.4, -0.2) is 77.6 Å². The first-order valence-electron chi connectivity index (χ1n) is 12.7. The van der Waals surface area contributed by atoms with E-state index in [1.54, 1.807) is 17.5 Å². The molecule has 1 saturated heterocycles. The van der Waals surface area contributed by atoms with Gasteiger partial charge >= 0.3 is 12.1 Å². The number of allylic oxidation sites excluding steroid dienone is 1. The molecule has 4 atom stereocenters. The fourth-order valence-electron chi connectivity index (χ4n) is 4.28. The molecule has 1 aliphatic carbocycles. The van der Waals surface area contributed by atoms with E-state index in [-0.39, 0.29) is 30.9 Å². The van der Waals surface area contributed by atoms with Gasteiger partial charge in [0.1, 0.15) is 24.7 Å². The maximum Gasteiger partial charge on any atom is 0.405 e. The highest BCUT2D eigenvalue weighted by Crippen LogP contribution is 2.44. The van der Waals surface area contributed by atoms with E-state index < -0.39 is 72.5 Å². The van der Waals surface area contributed by atoms with E-state index >= 15 is 0 Å². The van der Waals surface area contributed by atoms with Crippen molar-refractivity contribution in [3.8, 4) is 0 Å². The van der Waals surface area contributed by atoms with Gasteiger partial charge in [0, 0.05) is 23.5 Å². The zero-order valence-electron chi connectivity index (χ0n) is 21.4. The van der Waals surface area contributed by atoms with E-state index in [0.29, 0.717) is 25.0 Å². The number of esters is 1. The molecule has 3 rings (SSSR count). The first-order chi connectivity index (χ1) is 18.4. The van der Waals surface area contributed by atoms with Crippen molar-refractivity contribution >= 4 is 51.2 Å². The molecule has 1 spiro atoms. The number of halogens is 3. The van der Waals surface area contributed by atoms with Crippen LogP contribution in [0.5, 0.6) is 0 Å². The van der Waals surface area contributed by atoms with E-state index in [0.717, 1.165) is 0 Å². The Morgan fingerprint density at radius 2 is 1.87 bits per heavy atom. The van der Waals surface area contributed by atoms with Gasteiger partial charge in [-0.1, -0.05) is 34.6 Å². The van der Waals surface area contributed by atoms with Gasteiger partial charge in [0.25, 0.3) is 0 Å². The minimum absolute atomic E-state index is 0.0313. The first-order valence-corrected chi connectivity index (χ1v) is 15.2. The quantitative estimate of drug-likeness (QED) is 0.219. The summed E-state index contributed by atoms with van der Waals surface area (Å²) in [6, 6.07) is -2.30. The van der Waals surface area contributed by atoms with Gasteiger partial charge in [-0.2, -0.15) is 13.2 Å². The fraction of sp³-hybridized carbons (Fsp3) is 0.708. The number of hydrogen-bond acceptors (Lipinski definition) is 8. The van der Waals surface area contributed by atoms with Crippen molar-refractivity contribution in [3.63, 3.8) is 0 Å². The zero-order chi connectivity index (χ0) is 28.6. The molecule has 218 valence electrons. The van der Waals surface area contributed by atoms with E-state index in [1.165, 1.54) is 21.6 Å². The van der Waals surface area contributed by atoms with Crippen LogP contribution >= 0.6 is 21.6 Å². The second-order valence-corrected chi connectivity index (χ2v) is 12.5. The first kappa shape index (κ1) is 31.1. The molecule has 2 bridgehead atoms. The minimum Gasteiger partial charge on any atom is -0.458 e. The van der Waals surface area contributed by atoms with Crippen LogP contribution < -0.4 is 21.3 Å². The number of amides is 4. The number of nitrogens with one attached hydrogen (secondary N) is 4. The minimum atomic E-state index is -4.60. The molecule has 2 fully saturated rings. The van der Waals surface area contributed by atoms with Gasteiger partial charge in [0.05, 0.1) is 12.8 Å². The molecule has 10 nitrogen and oxygen atoms in total. The Morgan fingerprint density at radius 1 is 1.13 bits per heavy atom. The molecule has 4 amide bonds. The van der Waals surface area contributed by atoms with Gasteiger partial charge in [-0.05, 0) is 37.7 Å². The predicted octanol–water partition coefficient (Wildman–Crippen LogP) is 1.75. The van der Waals surface area contributed by atoms with Crippen LogP contribution in [0.2, 0.25) is 0 Å². The average molecular weight is 595 g/mol. The van der Waals surface area contributed by atoms with Crippen LogP contribution in [0.15, 0.2) is 12.2 Å². The molecular weight excluding hydrogens is 561 g/mol. The highest BCUT2D eigenvalue weighted by molar-refractivity contribution is 8.76. The van der Waals surface area contributed by atoms with Crippen molar-refractivity contribution in [2.75, 3.05) is 18.1 Å². The summed E-state index contributed by atoms with van der Waals surface area (Å²) in [5, 5.41) is 9.87. The third kappa shape index (κ3) is 10.2. The maximum absolute atomic E-state index is 13.3. The van der Waals surface area contributed by atoms with Gasteiger partial charge < -0.3 is 26.0 Å². The summed E-state index contributed by atoms with van der Waals surface area (Å²) in [5.41, 5.74) is -0.608. The number of fused-ring (bicyclic) bond motifs is 7. The largest absolute Gasteiger partial charge is 0.458 e. The third-order valence-electron chi connectivity index (χ3n) is 6.71. The Balaban J connectivity index is 1.86. The summed E-state index contributed by atoms with van der Waals surface area (Å²) in [6.45, 7) is 0.317. The topological polar surface area (TPSA) is 143 Å². The molecule has 15 heteroatoms. The Labute approximate surface area is 232 Å². The second-order valence-electron chi connectivity index (χ2n) is 9.92. The SMILES string of the molecule is CC1CC(=O)O[C@@H]2/C=C/CCSSC[C@@H](NC(=O)[C@@H](CCC(=O)NCC(F)(F)F)NC(=O)C2)C(=O)NC12CC2. The molecule has 4 N–H and O–H groups in total. The molecule has 2 heterocycles. The van der Waals surface area contributed by atoms with Crippen molar-refractivity contribution in [1.29, 1.82) is 0 Å². The number of alkyl halides is 3. The summed E-state index contributed by atoms with van der Waals surface area (Å²) in [7, 11) is 2.88. The van der Waals surface area contributed by atoms with Crippen molar-refractivity contribution in [2.45, 2.75) is 81.8 Å². The molecule has 2 aliphatic heterocycles. The van der Waals surface area contributed by atoms with Gasteiger partial charge in [-0.25, -0.2) is 0 Å². The molecular formula is C24H33F3N4O6S2. The average Bonchev–Trinajstić information content (AvgIpc) is 3.62. The van der Waals surface area contributed by atoms with Gasteiger partial charge in [-0.3, -0.25) is 24.0 Å². The lowest BCUT2D eigenvalue weighted by Crippen LogP contribution is -2.57. The highest BCUT2D eigenvalue weighted by atomic mass is 33.1. The zero-order valence-corrected chi connectivity index (χ0v) is 23.1. The number of carbonyl (C=O) groups is 5. The number of rotatable bonds is 4. The lowest BCUT2D eigenvalue weighted by Gasteiger charge is -2.28. The molecule has 3 aliphatic rings. The molecule has 0 aromatic rings. The Morgan fingerprint density at radius 3 is 2.56 bits per heavy atom. The molecule has 1 saturated carbocycles. The van der Waals surface area contributed by atoms with Crippen LogP contribution in [0, 0.1) is 5.92 Å². The summed E-state index contributed by atoms with van der Waals surface area (Å²) < 4.78 is 42.9. The van der Waals surface area contributed by atoms with Crippen LogP contribution in [-0.2, 0) is 28.7 Å². The summed E-state index contributed by atoms with van der Waals surface area (Å²) >= 11 is 0. The molecule has 39 heavy (non-hydrogen) atoms. The molecule has 0 radical (unpaired) electrons. The number of carbonyl (C=O) groups excluding carboxylic acids is 5. The summed E-state index contributed by atoms with van der Waals surface area (Å²) in [5.74, 6) is -2.67. The smallest absolute Gasteiger partial charge is 0.405 e. The summed E-state index contributed by atoms with van der Waals surface area (Å²) in [4.78, 5) is 64.1. The van der Waals surface area contributed by atoms with Gasteiger partial charge in [-0.15, -0.1) is 0 Å². The monoisotopic (exact) mass is 594 g/mol. The maximum atomic E-state index is 13.3. The Hall–Kier alpha value is -2.42. The highest BCUT2D eigenvalue weighted by Gasteiger charge is 2.50. The predicted molar refractivity (Wildman–Crippen MR) is 139 cm³/mol. The van der Waals surface area contributed by atoms with E-state index in [4.69, 9.17) is 4.74 Å². The molecule has 1 unspecified atom stereocenters. The fourth-order valence-corrected chi connectivity index (χ4v) is 6.44. The van der Waals surface area contributed by atoms with Crippen LogP contribution in [0.25, 0.3) is 0 Å². The van der Waals surface area contributed by atoms with Gasteiger partial charge in [0.2, 0.25) is 23.6 Å². The normalized spacial score (nSPS) is 29.4.